The van der Waals surface area contributed by atoms with Crippen molar-refractivity contribution in [2.45, 2.75) is 50.9 Å². The van der Waals surface area contributed by atoms with Crippen molar-refractivity contribution in [2.75, 3.05) is 26.2 Å². The lowest BCUT2D eigenvalue weighted by molar-refractivity contribution is -0.136. The van der Waals surface area contributed by atoms with Crippen LogP contribution in [0.3, 0.4) is 0 Å². The number of rotatable bonds is 6. The molecule has 10 heteroatoms. The van der Waals surface area contributed by atoms with Gasteiger partial charge < -0.3 is 14.6 Å². The van der Waals surface area contributed by atoms with Gasteiger partial charge in [-0.25, -0.2) is 9.67 Å². The van der Waals surface area contributed by atoms with Crippen molar-refractivity contribution in [2.24, 2.45) is 0 Å². The highest BCUT2D eigenvalue weighted by Gasteiger charge is 2.34. The van der Waals surface area contributed by atoms with Gasteiger partial charge in [0, 0.05) is 25.5 Å². The lowest BCUT2D eigenvalue weighted by atomic mass is 9.91. The van der Waals surface area contributed by atoms with Crippen molar-refractivity contribution in [1.82, 2.24) is 39.6 Å². The van der Waals surface area contributed by atoms with Crippen molar-refractivity contribution >= 4 is 5.91 Å². The summed E-state index contributed by atoms with van der Waals surface area (Å²) in [6.45, 7) is 4.52. The summed E-state index contributed by atoms with van der Waals surface area (Å²) >= 11 is 0. The number of hydrogen-bond donors (Lipinski definition) is 1. The summed E-state index contributed by atoms with van der Waals surface area (Å²) < 4.78 is 3.48. The third-order valence-electron chi connectivity index (χ3n) is 5.54. The molecule has 2 aromatic heterocycles. The lowest BCUT2D eigenvalue weighted by Crippen LogP contribution is -2.49. The smallest absolute Gasteiger partial charge is 0.244 e. The molecule has 146 valence electrons. The van der Waals surface area contributed by atoms with E-state index in [0.29, 0.717) is 39.0 Å². The number of hydrogen-bond acceptors (Lipinski definition) is 7. The number of nitrogens with zero attached hydrogens (tertiary/aromatic N) is 8. The van der Waals surface area contributed by atoms with Crippen LogP contribution in [-0.4, -0.2) is 82.4 Å². The van der Waals surface area contributed by atoms with Crippen LogP contribution in [0.2, 0.25) is 0 Å². The van der Waals surface area contributed by atoms with Gasteiger partial charge in [-0.05, 0) is 49.2 Å². The Bertz CT molecular complexity index is 745. The molecular weight excluding hydrogens is 348 g/mol. The molecule has 0 unspecified atom stereocenters. The normalized spacial score (nSPS) is 20.3. The Morgan fingerprint density at radius 1 is 1.19 bits per heavy atom. The van der Waals surface area contributed by atoms with Crippen LogP contribution in [0, 0.1) is 0 Å². The van der Waals surface area contributed by atoms with E-state index in [1.165, 1.54) is 12.8 Å². The van der Waals surface area contributed by atoms with Crippen molar-refractivity contribution in [3.63, 3.8) is 0 Å². The van der Waals surface area contributed by atoms with Crippen LogP contribution in [-0.2, 0) is 24.4 Å². The van der Waals surface area contributed by atoms with Gasteiger partial charge in [0.25, 0.3) is 0 Å². The van der Waals surface area contributed by atoms with Gasteiger partial charge in [-0.2, -0.15) is 0 Å². The van der Waals surface area contributed by atoms with Gasteiger partial charge in [-0.3, -0.25) is 9.69 Å². The minimum Gasteiger partial charge on any atom is -0.388 e. The summed E-state index contributed by atoms with van der Waals surface area (Å²) in [5, 5.41) is 22.6. The van der Waals surface area contributed by atoms with E-state index >= 15 is 0 Å². The topological polar surface area (TPSA) is 105 Å². The molecule has 2 aliphatic rings. The highest BCUT2D eigenvalue weighted by Crippen LogP contribution is 2.24. The molecule has 1 N–H and O–H groups in total. The highest BCUT2D eigenvalue weighted by atomic mass is 16.3. The molecule has 0 aliphatic carbocycles. The number of carbonyl (C=O) groups is 1. The Morgan fingerprint density at radius 2 is 1.96 bits per heavy atom. The summed E-state index contributed by atoms with van der Waals surface area (Å²) in [6.07, 6.45) is 8.75. The van der Waals surface area contributed by atoms with Gasteiger partial charge >= 0.3 is 0 Å². The molecule has 0 atom stereocenters. The zero-order chi connectivity index (χ0) is 18.7. The molecule has 0 saturated carbocycles. The molecule has 1 amide bonds. The van der Waals surface area contributed by atoms with Crippen molar-refractivity contribution < 1.29 is 9.90 Å². The highest BCUT2D eigenvalue weighted by molar-refractivity contribution is 5.76. The molecule has 4 rings (SSSR count). The fourth-order valence-electron chi connectivity index (χ4n) is 3.88. The van der Waals surface area contributed by atoms with Crippen LogP contribution in [0.4, 0.5) is 0 Å². The predicted molar refractivity (Wildman–Crippen MR) is 95.3 cm³/mol. The van der Waals surface area contributed by atoms with Gasteiger partial charge in [0.2, 0.25) is 5.91 Å². The maximum absolute atomic E-state index is 12.7. The van der Waals surface area contributed by atoms with E-state index in [1.807, 2.05) is 10.8 Å². The van der Waals surface area contributed by atoms with Crippen LogP contribution in [0.25, 0.3) is 0 Å². The van der Waals surface area contributed by atoms with Crippen LogP contribution in [0.5, 0.6) is 0 Å². The number of aliphatic hydroxyl groups is 1. The van der Waals surface area contributed by atoms with E-state index in [0.717, 1.165) is 18.9 Å². The Balaban J connectivity index is 1.30. The van der Waals surface area contributed by atoms with E-state index in [-0.39, 0.29) is 12.5 Å². The second-order valence-electron chi connectivity index (χ2n) is 7.58. The first-order valence-corrected chi connectivity index (χ1v) is 9.55. The van der Waals surface area contributed by atoms with Crippen molar-refractivity contribution in [3.8, 4) is 0 Å². The fourth-order valence-corrected chi connectivity index (χ4v) is 3.88. The molecule has 0 spiro atoms. The van der Waals surface area contributed by atoms with Gasteiger partial charge in [-0.1, -0.05) is 0 Å². The Labute approximate surface area is 157 Å². The predicted octanol–water partition coefficient (Wildman–Crippen LogP) is -0.481. The Hall–Kier alpha value is -2.33. The number of amides is 1. The van der Waals surface area contributed by atoms with E-state index in [4.69, 9.17) is 0 Å². The number of tetrazole rings is 1. The molecule has 27 heavy (non-hydrogen) atoms. The summed E-state index contributed by atoms with van der Waals surface area (Å²) in [7, 11) is 0. The number of aromatic nitrogens is 6. The van der Waals surface area contributed by atoms with Crippen LogP contribution in [0.1, 0.15) is 31.5 Å². The molecule has 0 bridgehead atoms. The quantitative estimate of drug-likeness (QED) is 0.728. The number of piperidine rings is 1. The second-order valence-corrected chi connectivity index (χ2v) is 7.58. The zero-order valence-corrected chi connectivity index (χ0v) is 15.4. The summed E-state index contributed by atoms with van der Waals surface area (Å²) in [4.78, 5) is 20.8. The second kappa shape index (κ2) is 7.73. The maximum atomic E-state index is 12.7. The Kier molecular flexibility index (Phi) is 5.17. The maximum Gasteiger partial charge on any atom is 0.244 e. The van der Waals surface area contributed by atoms with E-state index < -0.39 is 5.60 Å². The minimum atomic E-state index is -0.798. The summed E-state index contributed by atoms with van der Waals surface area (Å²) in [6, 6.07) is 0. The molecule has 10 nitrogen and oxygen atoms in total. The van der Waals surface area contributed by atoms with Crippen molar-refractivity contribution in [3.05, 3.63) is 24.5 Å². The molecule has 2 fully saturated rings. The molecule has 2 saturated heterocycles. The first kappa shape index (κ1) is 18.1. The average molecular weight is 374 g/mol. The van der Waals surface area contributed by atoms with Crippen LogP contribution < -0.4 is 0 Å². The lowest BCUT2D eigenvalue weighted by Gasteiger charge is -2.38. The van der Waals surface area contributed by atoms with Crippen LogP contribution in [0.15, 0.2) is 18.7 Å². The van der Waals surface area contributed by atoms with E-state index in [2.05, 4.69) is 25.4 Å². The number of likely N-dealkylation sites (tertiary alicyclic amines) is 2. The van der Waals surface area contributed by atoms with Gasteiger partial charge in [-0.15, -0.1) is 5.10 Å². The Morgan fingerprint density at radius 3 is 2.67 bits per heavy atom. The third kappa shape index (κ3) is 4.33. The standard InChI is InChI=1S/C17H26N8O2/c26-16(12-25-15(19-20-21-25)11-22-6-1-2-7-22)24-8-3-17(27,4-9-24)13-23-10-5-18-14-23/h5,10,14,27H,1-4,6-9,11-13H2. The monoisotopic (exact) mass is 374 g/mol. The number of carbonyl (C=O) groups excluding carboxylic acids is 1. The molecular formula is C17H26N8O2. The molecule has 4 heterocycles. The minimum absolute atomic E-state index is 0.00495. The number of imidazole rings is 1. The van der Waals surface area contributed by atoms with E-state index in [1.54, 1.807) is 22.1 Å². The summed E-state index contributed by atoms with van der Waals surface area (Å²) in [5.41, 5.74) is -0.798. The van der Waals surface area contributed by atoms with Gasteiger partial charge in [0.05, 0.1) is 25.0 Å². The van der Waals surface area contributed by atoms with E-state index in [9.17, 15) is 9.90 Å². The first-order chi connectivity index (χ1) is 13.1. The first-order valence-electron chi connectivity index (χ1n) is 9.55. The third-order valence-corrected chi connectivity index (χ3v) is 5.54. The van der Waals surface area contributed by atoms with Gasteiger partial charge in [0.1, 0.15) is 6.54 Å². The average Bonchev–Trinajstić information content (AvgIpc) is 3.40. The fraction of sp³-hybridized carbons (Fsp3) is 0.706. The summed E-state index contributed by atoms with van der Waals surface area (Å²) in [5.74, 6) is 0.730. The SMILES string of the molecule is O=C(Cn1nnnc1CN1CCCC1)N1CCC(O)(Cn2ccnc2)CC1. The largest absolute Gasteiger partial charge is 0.388 e. The molecule has 0 aromatic carbocycles. The molecule has 2 aliphatic heterocycles. The zero-order valence-electron chi connectivity index (χ0n) is 15.4. The van der Waals surface area contributed by atoms with Gasteiger partial charge in [0.15, 0.2) is 5.82 Å². The molecule has 0 radical (unpaired) electrons. The van der Waals surface area contributed by atoms with Crippen LogP contribution >= 0.6 is 0 Å². The molecule has 2 aromatic rings. The van der Waals surface area contributed by atoms with Crippen molar-refractivity contribution in [1.29, 1.82) is 0 Å².